The number of benzene rings is 1. The molecule has 0 bridgehead atoms. The molecule has 1 aromatic heterocycles. The molecule has 5 heteroatoms. The number of thioether (sulfide) groups is 1. The van der Waals surface area contributed by atoms with E-state index in [4.69, 9.17) is 12.2 Å². The third kappa shape index (κ3) is 3.74. The van der Waals surface area contributed by atoms with E-state index < -0.39 is 0 Å². The van der Waals surface area contributed by atoms with Crippen molar-refractivity contribution in [3.8, 4) is 0 Å². The van der Waals surface area contributed by atoms with Crippen LogP contribution >= 0.6 is 35.3 Å². The number of rotatable bonds is 5. The fourth-order valence-corrected chi connectivity index (χ4v) is 4.41. The number of aryl methyl sites for hydroxylation is 1. The lowest BCUT2D eigenvalue weighted by atomic mass is 10.1. The molecule has 2 aromatic rings. The Bertz CT molecular complexity index is 732. The lowest BCUT2D eigenvalue weighted by Crippen LogP contribution is -2.27. The molecule has 0 unspecified atom stereocenters. The molecular formula is C18H17NOS3. The molecule has 1 amide bonds. The molecule has 0 aliphatic carbocycles. The van der Waals surface area contributed by atoms with Crippen molar-refractivity contribution >= 4 is 57.3 Å². The largest absolute Gasteiger partial charge is 0.270 e. The molecule has 1 saturated heterocycles. The molecular weight excluding hydrogens is 342 g/mol. The average molecular weight is 360 g/mol. The maximum absolute atomic E-state index is 12.7. The van der Waals surface area contributed by atoms with Gasteiger partial charge in [0, 0.05) is 4.88 Å². The number of hydrogen-bond donors (Lipinski definition) is 0. The van der Waals surface area contributed by atoms with Gasteiger partial charge in [0.2, 0.25) is 0 Å². The van der Waals surface area contributed by atoms with Gasteiger partial charge in [-0.1, -0.05) is 55.5 Å². The van der Waals surface area contributed by atoms with E-state index in [-0.39, 0.29) is 5.91 Å². The Morgan fingerprint density at radius 2 is 2.00 bits per heavy atom. The highest BCUT2D eigenvalue weighted by Gasteiger charge is 2.33. The van der Waals surface area contributed by atoms with Gasteiger partial charge in [-0.05, 0) is 48.1 Å². The van der Waals surface area contributed by atoms with Crippen LogP contribution in [0.5, 0.6) is 0 Å². The molecule has 3 rings (SSSR count). The van der Waals surface area contributed by atoms with Crippen LogP contribution in [-0.2, 0) is 11.2 Å². The number of thiophene rings is 1. The number of carbonyl (C=O) groups is 1. The SMILES string of the molecule is CCCCc1ccc(N2C(=O)C(=Cc3cccs3)SC2=S)cc1. The zero-order valence-corrected chi connectivity index (χ0v) is 15.3. The molecule has 118 valence electrons. The summed E-state index contributed by atoms with van der Waals surface area (Å²) in [5.41, 5.74) is 2.15. The first kappa shape index (κ1) is 16.4. The first-order valence-corrected chi connectivity index (χ1v) is 9.70. The summed E-state index contributed by atoms with van der Waals surface area (Å²) >= 11 is 8.39. The molecule has 0 saturated carbocycles. The van der Waals surface area contributed by atoms with Crippen LogP contribution < -0.4 is 4.90 Å². The minimum atomic E-state index is -0.0327. The van der Waals surface area contributed by atoms with Crippen molar-refractivity contribution < 1.29 is 4.79 Å². The Kier molecular flexibility index (Phi) is 5.30. The van der Waals surface area contributed by atoms with Gasteiger partial charge in [-0.2, -0.15) is 0 Å². The van der Waals surface area contributed by atoms with Crippen LogP contribution in [0.2, 0.25) is 0 Å². The highest BCUT2D eigenvalue weighted by Crippen LogP contribution is 2.36. The van der Waals surface area contributed by atoms with Crippen molar-refractivity contribution in [2.45, 2.75) is 26.2 Å². The number of unbranched alkanes of at least 4 members (excludes halogenated alkanes) is 1. The summed E-state index contributed by atoms with van der Waals surface area (Å²) in [7, 11) is 0. The summed E-state index contributed by atoms with van der Waals surface area (Å²) in [4.78, 5) is 16.0. The fourth-order valence-electron chi connectivity index (χ4n) is 2.39. The number of anilines is 1. The van der Waals surface area contributed by atoms with E-state index in [0.717, 1.165) is 17.0 Å². The van der Waals surface area contributed by atoms with Crippen molar-refractivity contribution in [1.82, 2.24) is 0 Å². The molecule has 0 atom stereocenters. The highest BCUT2D eigenvalue weighted by atomic mass is 32.2. The van der Waals surface area contributed by atoms with Gasteiger partial charge in [-0.3, -0.25) is 9.69 Å². The Balaban J connectivity index is 1.80. The van der Waals surface area contributed by atoms with Gasteiger partial charge in [0.15, 0.2) is 4.32 Å². The first-order valence-electron chi connectivity index (χ1n) is 7.59. The Morgan fingerprint density at radius 3 is 2.65 bits per heavy atom. The molecule has 1 fully saturated rings. The molecule has 1 aromatic carbocycles. The fraction of sp³-hybridized carbons (Fsp3) is 0.222. The number of hydrogen-bond acceptors (Lipinski definition) is 4. The number of amides is 1. The van der Waals surface area contributed by atoms with Crippen LogP contribution in [0, 0.1) is 0 Å². The zero-order valence-electron chi connectivity index (χ0n) is 12.8. The van der Waals surface area contributed by atoms with E-state index in [9.17, 15) is 4.79 Å². The van der Waals surface area contributed by atoms with Crippen molar-refractivity contribution in [1.29, 1.82) is 0 Å². The molecule has 23 heavy (non-hydrogen) atoms. The second-order valence-corrected chi connectivity index (χ2v) is 7.96. The van der Waals surface area contributed by atoms with Gasteiger partial charge in [0.25, 0.3) is 5.91 Å². The van der Waals surface area contributed by atoms with Gasteiger partial charge < -0.3 is 0 Å². The summed E-state index contributed by atoms with van der Waals surface area (Å²) in [6.45, 7) is 2.19. The molecule has 0 radical (unpaired) electrons. The standard InChI is InChI=1S/C18H17NOS3/c1-2-3-5-13-7-9-14(10-8-13)19-17(20)16(23-18(19)21)12-15-6-4-11-22-15/h4,6-12H,2-3,5H2,1H3. The maximum atomic E-state index is 12.7. The Hall–Kier alpha value is -1.43. The van der Waals surface area contributed by atoms with Crippen LogP contribution in [0.15, 0.2) is 46.7 Å². The quantitative estimate of drug-likeness (QED) is 0.519. The summed E-state index contributed by atoms with van der Waals surface area (Å²) < 4.78 is 0.596. The van der Waals surface area contributed by atoms with E-state index in [1.165, 1.54) is 30.2 Å². The number of carbonyl (C=O) groups excluding carboxylic acids is 1. The molecule has 2 heterocycles. The van der Waals surface area contributed by atoms with E-state index >= 15 is 0 Å². The molecule has 1 aliphatic heterocycles. The van der Waals surface area contributed by atoms with Crippen LogP contribution in [0.25, 0.3) is 6.08 Å². The molecule has 0 spiro atoms. The zero-order chi connectivity index (χ0) is 16.2. The van der Waals surface area contributed by atoms with Crippen molar-refractivity contribution in [3.63, 3.8) is 0 Å². The number of thiocarbonyl (C=S) groups is 1. The molecule has 1 aliphatic rings. The summed E-state index contributed by atoms with van der Waals surface area (Å²) in [5.74, 6) is -0.0327. The monoisotopic (exact) mass is 359 g/mol. The summed E-state index contributed by atoms with van der Waals surface area (Å²) in [6.07, 6.45) is 5.36. The van der Waals surface area contributed by atoms with Gasteiger partial charge in [0.1, 0.15) is 0 Å². The maximum Gasteiger partial charge on any atom is 0.270 e. The second-order valence-electron chi connectivity index (χ2n) is 5.30. The van der Waals surface area contributed by atoms with Gasteiger partial charge in [0.05, 0.1) is 10.6 Å². The van der Waals surface area contributed by atoms with Crippen molar-refractivity contribution in [2.24, 2.45) is 0 Å². The van der Waals surface area contributed by atoms with Crippen LogP contribution in [0.3, 0.4) is 0 Å². The second kappa shape index (κ2) is 7.43. The topological polar surface area (TPSA) is 20.3 Å². The lowest BCUT2D eigenvalue weighted by Gasteiger charge is -2.15. The summed E-state index contributed by atoms with van der Waals surface area (Å²) in [6, 6.07) is 12.1. The smallest absolute Gasteiger partial charge is 0.268 e. The molecule has 2 nitrogen and oxygen atoms in total. The van der Waals surface area contributed by atoms with Crippen LogP contribution in [0.1, 0.15) is 30.2 Å². The van der Waals surface area contributed by atoms with E-state index in [1.54, 1.807) is 16.2 Å². The van der Waals surface area contributed by atoms with E-state index in [2.05, 4.69) is 19.1 Å². The van der Waals surface area contributed by atoms with Crippen molar-refractivity contribution in [2.75, 3.05) is 4.90 Å². The number of nitrogens with zero attached hydrogens (tertiary/aromatic N) is 1. The Morgan fingerprint density at radius 1 is 1.22 bits per heavy atom. The third-order valence-electron chi connectivity index (χ3n) is 3.62. The van der Waals surface area contributed by atoms with Crippen molar-refractivity contribution in [3.05, 3.63) is 57.1 Å². The molecule has 0 N–H and O–H groups in total. The normalized spacial score (nSPS) is 16.6. The van der Waals surface area contributed by atoms with E-state index in [1.807, 2.05) is 35.7 Å². The van der Waals surface area contributed by atoms with Gasteiger partial charge in [-0.15, -0.1) is 11.3 Å². The van der Waals surface area contributed by atoms with Gasteiger partial charge in [-0.25, -0.2) is 0 Å². The minimum Gasteiger partial charge on any atom is -0.268 e. The summed E-state index contributed by atoms with van der Waals surface area (Å²) in [5, 5.41) is 2.00. The van der Waals surface area contributed by atoms with Crippen LogP contribution in [0.4, 0.5) is 5.69 Å². The lowest BCUT2D eigenvalue weighted by molar-refractivity contribution is -0.113. The average Bonchev–Trinajstić information content (AvgIpc) is 3.15. The highest BCUT2D eigenvalue weighted by molar-refractivity contribution is 8.27. The Labute approximate surface area is 150 Å². The van der Waals surface area contributed by atoms with E-state index in [0.29, 0.717) is 9.23 Å². The first-order chi connectivity index (χ1) is 11.2. The predicted octanol–water partition coefficient (Wildman–Crippen LogP) is 5.50. The van der Waals surface area contributed by atoms with Crippen LogP contribution in [-0.4, -0.2) is 10.2 Å². The third-order valence-corrected chi connectivity index (χ3v) is 5.75. The minimum absolute atomic E-state index is 0.0327. The predicted molar refractivity (Wildman–Crippen MR) is 105 cm³/mol. The van der Waals surface area contributed by atoms with Gasteiger partial charge >= 0.3 is 0 Å².